The number of ether oxygens (including phenoxy) is 3. The Kier molecular flexibility index (Phi) is 3.51. The van der Waals surface area contributed by atoms with Gasteiger partial charge in [0.15, 0.2) is 11.9 Å². The average Bonchev–Trinajstić information content (AvgIpc) is 2.80. The highest BCUT2D eigenvalue weighted by Gasteiger charge is 2.59. The highest BCUT2D eigenvalue weighted by Crippen LogP contribution is 2.33. The molecule has 0 bridgehead atoms. The van der Waals surface area contributed by atoms with Gasteiger partial charge in [-0.05, 0) is 20.8 Å². The maximum atomic E-state index is 12.2. The molecule has 2 rings (SSSR count). The second-order valence-electron chi connectivity index (χ2n) is 5.19. The molecule has 0 aromatic carbocycles. The first-order chi connectivity index (χ1) is 8.80. The Morgan fingerprint density at radius 2 is 2.11 bits per heavy atom. The van der Waals surface area contributed by atoms with Crippen molar-refractivity contribution < 1.29 is 28.9 Å². The van der Waals surface area contributed by atoms with Gasteiger partial charge in [-0.3, -0.25) is 4.79 Å². The van der Waals surface area contributed by atoms with E-state index in [1.165, 1.54) is 0 Å². The number of Topliss-reactive ketones (excluding diaryl/α,β-unsaturated/α-hetero) is 1. The van der Waals surface area contributed by atoms with Crippen LogP contribution in [0, 0.1) is 0 Å². The van der Waals surface area contributed by atoms with Gasteiger partial charge in [-0.2, -0.15) is 0 Å². The molecular weight excluding hydrogens is 252 g/mol. The van der Waals surface area contributed by atoms with Crippen molar-refractivity contribution >= 4 is 11.8 Å². The molecule has 0 aliphatic carbocycles. The van der Waals surface area contributed by atoms with Crippen LogP contribution < -0.4 is 0 Å². The van der Waals surface area contributed by atoms with Gasteiger partial charge in [0.05, 0.1) is 6.61 Å². The number of aliphatic hydroxyl groups is 1. The highest BCUT2D eigenvalue weighted by molar-refractivity contribution is 6.14. The summed E-state index contributed by atoms with van der Waals surface area (Å²) in [5.41, 5.74) is -2.10. The zero-order chi connectivity index (χ0) is 14.3. The zero-order valence-electron chi connectivity index (χ0n) is 11.2. The predicted octanol–water partition coefficient (Wildman–Crippen LogP) is 0.330. The number of ketones is 1. The third kappa shape index (κ3) is 2.43. The van der Waals surface area contributed by atoms with Crippen molar-refractivity contribution in [1.82, 2.24) is 0 Å². The molecule has 19 heavy (non-hydrogen) atoms. The minimum absolute atomic E-state index is 0.0887. The maximum absolute atomic E-state index is 12.2. The first-order valence-electron chi connectivity index (χ1n) is 6.21. The number of esters is 1. The number of cyclic esters (lactones) is 1. The number of allylic oxidation sites excluding steroid dienone is 1. The van der Waals surface area contributed by atoms with Gasteiger partial charge in [0, 0.05) is 6.42 Å². The van der Waals surface area contributed by atoms with Crippen molar-refractivity contribution in [1.29, 1.82) is 0 Å². The van der Waals surface area contributed by atoms with E-state index in [0.717, 1.165) is 0 Å². The highest BCUT2D eigenvalue weighted by atomic mass is 16.8. The summed E-state index contributed by atoms with van der Waals surface area (Å²) in [7, 11) is 0. The van der Waals surface area contributed by atoms with Crippen LogP contribution in [-0.2, 0) is 23.8 Å². The molecule has 0 aromatic rings. The van der Waals surface area contributed by atoms with Crippen LogP contribution in [0.25, 0.3) is 0 Å². The van der Waals surface area contributed by atoms with Crippen molar-refractivity contribution in [2.45, 2.75) is 50.8 Å². The molecule has 1 N–H and O–H groups in total. The van der Waals surface area contributed by atoms with E-state index in [1.807, 2.05) is 0 Å². The molecule has 0 radical (unpaired) electrons. The molecule has 0 spiro atoms. The van der Waals surface area contributed by atoms with Crippen molar-refractivity contribution in [2.24, 2.45) is 0 Å². The molecule has 6 heteroatoms. The van der Waals surface area contributed by atoms with Crippen molar-refractivity contribution in [3.63, 3.8) is 0 Å². The fraction of sp³-hybridized carbons (Fsp3) is 0.692. The smallest absolute Gasteiger partial charge is 0.347 e. The summed E-state index contributed by atoms with van der Waals surface area (Å²) in [5, 5.41) is 10.1. The van der Waals surface area contributed by atoms with Gasteiger partial charge in [0.25, 0.3) is 0 Å². The molecule has 2 heterocycles. The number of hydrogen-bond donors (Lipinski definition) is 1. The van der Waals surface area contributed by atoms with Crippen LogP contribution in [0.3, 0.4) is 0 Å². The van der Waals surface area contributed by atoms with Crippen LogP contribution in [-0.4, -0.2) is 47.1 Å². The van der Waals surface area contributed by atoms with Gasteiger partial charge < -0.3 is 19.3 Å². The SMILES string of the molecule is C/C=C/CC1(O)C(=O)O[C@H]([C@@H]2COC(C)(C)O2)C1=O. The Labute approximate surface area is 111 Å². The van der Waals surface area contributed by atoms with Crippen LogP contribution >= 0.6 is 0 Å². The molecule has 2 fully saturated rings. The molecule has 106 valence electrons. The maximum Gasteiger partial charge on any atom is 0.347 e. The summed E-state index contributed by atoms with van der Waals surface area (Å²) in [5.74, 6) is -2.41. The minimum atomic E-state index is -2.10. The molecule has 1 unspecified atom stereocenters. The van der Waals surface area contributed by atoms with Crippen LogP contribution in [0.15, 0.2) is 12.2 Å². The van der Waals surface area contributed by atoms with E-state index in [4.69, 9.17) is 14.2 Å². The average molecular weight is 270 g/mol. The third-order valence-corrected chi connectivity index (χ3v) is 3.25. The summed E-state index contributed by atoms with van der Waals surface area (Å²) in [4.78, 5) is 23.9. The van der Waals surface area contributed by atoms with Crippen LogP contribution in [0.1, 0.15) is 27.2 Å². The lowest BCUT2D eigenvalue weighted by atomic mass is 9.92. The fourth-order valence-corrected chi connectivity index (χ4v) is 2.18. The topological polar surface area (TPSA) is 82.1 Å². The first kappa shape index (κ1) is 14.2. The van der Waals surface area contributed by atoms with E-state index in [9.17, 15) is 14.7 Å². The van der Waals surface area contributed by atoms with E-state index in [-0.39, 0.29) is 13.0 Å². The van der Waals surface area contributed by atoms with E-state index in [1.54, 1.807) is 32.9 Å². The zero-order valence-corrected chi connectivity index (χ0v) is 11.2. The first-order valence-corrected chi connectivity index (χ1v) is 6.21. The summed E-state index contributed by atoms with van der Waals surface area (Å²) in [6, 6.07) is 0. The van der Waals surface area contributed by atoms with Gasteiger partial charge in [0.2, 0.25) is 11.4 Å². The number of rotatable bonds is 3. The van der Waals surface area contributed by atoms with Crippen LogP contribution in [0.5, 0.6) is 0 Å². The Bertz CT molecular complexity index is 427. The molecule has 0 amide bonds. The van der Waals surface area contributed by atoms with Gasteiger partial charge in [-0.1, -0.05) is 12.2 Å². The van der Waals surface area contributed by atoms with Gasteiger partial charge in [-0.25, -0.2) is 4.79 Å². The predicted molar refractivity (Wildman–Crippen MR) is 64.2 cm³/mol. The largest absolute Gasteiger partial charge is 0.449 e. The standard InChI is InChI=1S/C13H18O6/c1-4-5-6-13(16)10(14)9(18-11(13)15)8-7-17-12(2,3)19-8/h4-5,8-9,16H,6-7H2,1-3H3/b5-4+/t8-,9+,13?/m0/s1. The van der Waals surface area contributed by atoms with E-state index < -0.39 is 35.3 Å². The van der Waals surface area contributed by atoms with E-state index in [0.29, 0.717) is 0 Å². The number of carbonyl (C=O) groups excluding carboxylic acids is 2. The molecule has 0 aromatic heterocycles. The minimum Gasteiger partial charge on any atom is -0.449 e. The molecule has 2 saturated heterocycles. The molecule has 3 atom stereocenters. The summed E-state index contributed by atoms with van der Waals surface area (Å²) >= 11 is 0. The van der Waals surface area contributed by atoms with Crippen molar-refractivity contribution in [2.75, 3.05) is 6.61 Å². The van der Waals surface area contributed by atoms with Crippen LogP contribution in [0.2, 0.25) is 0 Å². The van der Waals surface area contributed by atoms with E-state index >= 15 is 0 Å². The Hall–Kier alpha value is -1.24. The number of hydrogen-bond acceptors (Lipinski definition) is 6. The Morgan fingerprint density at radius 1 is 1.42 bits per heavy atom. The van der Waals surface area contributed by atoms with Gasteiger partial charge in [0.1, 0.15) is 6.10 Å². The number of carbonyl (C=O) groups is 2. The molecule has 0 saturated carbocycles. The van der Waals surface area contributed by atoms with Crippen LogP contribution in [0.4, 0.5) is 0 Å². The fourth-order valence-electron chi connectivity index (χ4n) is 2.18. The van der Waals surface area contributed by atoms with E-state index in [2.05, 4.69) is 0 Å². The molecule has 2 aliphatic heterocycles. The summed E-state index contributed by atoms with van der Waals surface area (Å²) < 4.78 is 15.8. The lowest BCUT2D eigenvalue weighted by Crippen LogP contribution is -2.45. The van der Waals surface area contributed by atoms with Gasteiger partial charge in [-0.15, -0.1) is 0 Å². The lowest BCUT2D eigenvalue weighted by molar-refractivity contribution is -0.166. The second-order valence-corrected chi connectivity index (χ2v) is 5.19. The Balaban J connectivity index is 2.14. The quantitative estimate of drug-likeness (QED) is 0.452. The second kappa shape index (κ2) is 4.70. The lowest BCUT2D eigenvalue weighted by Gasteiger charge is -2.19. The summed E-state index contributed by atoms with van der Waals surface area (Å²) in [6.45, 7) is 5.30. The normalized spacial score (nSPS) is 38.1. The molecule has 2 aliphatic rings. The summed E-state index contributed by atoms with van der Waals surface area (Å²) in [6.07, 6.45) is 1.34. The molecular formula is C13H18O6. The van der Waals surface area contributed by atoms with Crippen molar-refractivity contribution in [3.8, 4) is 0 Å². The van der Waals surface area contributed by atoms with Gasteiger partial charge >= 0.3 is 5.97 Å². The Morgan fingerprint density at radius 3 is 2.63 bits per heavy atom. The van der Waals surface area contributed by atoms with Crippen molar-refractivity contribution in [3.05, 3.63) is 12.2 Å². The molecule has 6 nitrogen and oxygen atoms in total. The monoisotopic (exact) mass is 270 g/mol. The third-order valence-electron chi connectivity index (χ3n) is 3.25.